The standard InChI is InChI=1S/C24H28ClN3O3/c1-27(20-8-12-28(13-9-20)11-7-19-4-2-3-10-26-19)23(29)6-5-18-16-21(25)24-22(17-18)30-14-15-31-24/h2-6,10,16-17,20H,7-9,11-15H2,1H3/b6-5+. The number of ether oxygens (including phenoxy) is 2. The average Bonchev–Trinajstić information content (AvgIpc) is 2.82. The summed E-state index contributed by atoms with van der Waals surface area (Å²) in [5.41, 5.74) is 1.95. The van der Waals surface area contributed by atoms with Crippen molar-refractivity contribution in [3.63, 3.8) is 0 Å². The van der Waals surface area contributed by atoms with E-state index in [9.17, 15) is 4.79 Å². The van der Waals surface area contributed by atoms with Crippen molar-refractivity contribution in [3.8, 4) is 11.5 Å². The number of rotatable bonds is 6. The molecule has 2 aliphatic rings. The van der Waals surface area contributed by atoms with E-state index in [0.29, 0.717) is 29.7 Å². The summed E-state index contributed by atoms with van der Waals surface area (Å²) in [6.07, 6.45) is 8.15. The second kappa shape index (κ2) is 10.2. The molecule has 7 heteroatoms. The summed E-state index contributed by atoms with van der Waals surface area (Å²) in [4.78, 5) is 21.4. The first kappa shape index (κ1) is 21.7. The maximum atomic E-state index is 12.7. The zero-order valence-corrected chi connectivity index (χ0v) is 18.6. The summed E-state index contributed by atoms with van der Waals surface area (Å²) in [5, 5.41) is 0.496. The molecular weight excluding hydrogens is 414 g/mol. The molecule has 6 nitrogen and oxygen atoms in total. The zero-order valence-electron chi connectivity index (χ0n) is 17.8. The van der Waals surface area contributed by atoms with E-state index in [1.54, 1.807) is 18.2 Å². The second-order valence-corrected chi connectivity index (χ2v) is 8.36. The van der Waals surface area contributed by atoms with E-state index in [-0.39, 0.29) is 11.9 Å². The lowest BCUT2D eigenvalue weighted by molar-refractivity contribution is -0.127. The van der Waals surface area contributed by atoms with Crippen molar-refractivity contribution in [1.29, 1.82) is 0 Å². The molecule has 0 atom stereocenters. The highest BCUT2D eigenvalue weighted by Gasteiger charge is 2.24. The fraction of sp³-hybridized carbons (Fsp3) is 0.417. The van der Waals surface area contributed by atoms with Gasteiger partial charge in [0.15, 0.2) is 11.5 Å². The molecule has 0 saturated carbocycles. The van der Waals surface area contributed by atoms with E-state index in [2.05, 4.69) is 16.0 Å². The molecule has 0 spiro atoms. The predicted molar refractivity (Wildman–Crippen MR) is 122 cm³/mol. The molecule has 1 aromatic carbocycles. The number of hydrogen-bond donors (Lipinski definition) is 0. The number of nitrogens with zero attached hydrogens (tertiary/aromatic N) is 3. The SMILES string of the molecule is CN(C(=O)/C=C/c1cc(Cl)c2c(c1)OCCO2)C1CCN(CCc2ccccn2)CC1. The van der Waals surface area contributed by atoms with Crippen molar-refractivity contribution in [2.24, 2.45) is 0 Å². The molecule has 0 radical (unpaired) electrons. The third-order valence-electron chi connectivity index (χ3n) is 5.90. The Hall–Kier alpha value is -2.57. The maximum absolute atomic E-state index is 12.7. The average molecular weight is 442 g/mol. The molecule has 2 aliphatic heterocycles. The topological polar surface area (TPSA) is 54.9 Å². The number of pyridine rings is 1. The Labute approximate surface area is 188 Å². The van der Waals surface area contributed by atoms with E-state index >= 15 is 0 Å². The van der Waals surface area contributed by atoms with Gasteiger partial charge in [-0.2, -0.15) is 0 Å². The number of piperidine rings is 1. The van der Waals surface area contributed by atoms with E-state index in [4.69, 9.17) is 21.1 Å². The van der Waals surface area contributed by atoms with Gasteiger partial charge in [0, 0.05) is 57.1 Å². The van der Waals surface area contributed by atoms with E-state index in [1.165, 1.54) is 0 Å². The molecule has 1 saturated heterocycles. The molecule has 3 heterocycles. The molecule has 0 unspecified atom stereocenters. The highest BCUT2D eigenvalue weighted by atomic mass is 35.5. The number of hydrogen-bond acceptors (Lipinski definition) is 5. The molecule has 1 aromatic heterocycles. The number of halogens is 1. The summed E-state index contributed by atoms with van der Waals surface area (Å²) in [5.74, 6) is 1.19. The summed E-state index contributed by atoms with van der Waals surface area (Å²) >= 11 is 6.28. The van der Waals surface area contributed by atoms with Crippen LogP contribution in [-0.4, -0.2) is 66.6 Å². The highest BCUT2D eigenvalue weighted by molar-refractivity contribution is 6.32. The van der Waals surface area contributed by atoms with E-state index in [0.717, 1.165) is 50.2 Å². The van der Waals surface area contributed by atoms with Crippen LogP contribution in [0.5, 0.6) is 11.5 Å². The Kier molecular flexibility index (Phi) is 7.10. The summed E-state index contributed by atoms with van der Waals surface area (Å²) in [7, 11) is 1.89. The lowest BCUT2D eigenvalue weighted by atomic mass is 10.0. The summed E-state index contributed by atoms with van der Waals surface area (Å²) < 4.78 is 11.1. The third-order valence-corrected chi connectivity index (χ3v) is 6.18. The first-order valence-corrected chi connectivity index (χ1v) is 11.1. The molecule has 1 amide bonds. The monoisotopic (exact) mass is 441 g/mol. The molecule has 164 valence electrons. The first-order valence-electron chi connectivity index (χ1n) is 10.8. The lowest BCUT2D eigenvalue weighted by Crippen LogP contribution is -2.45. The number of benzene rings is 1. The normalized spacial score (nSPS) is 17.1. The van der Waals surface area contributed by atoms with Crippen molar-refractivity contribution in [1.82, 2.24) is 14.8 Å². The van der Waals surface area contributed by atoms with Gasteiger partial charge < -0.3 is 19.3 Å². The van der Waals surface area contributed by atoms with Crippen LogP contribution in [0.3, 0.4) is 0 Å². The second-order valence-electron chi connectivity index (χ2n) is 7.95. The molecule has 0 aliphatic carbocycles. The number of carbonyl (C=O) groups excluding carboxylic acids is 1. The van der Waals surface area contributed by atoms with Gasteiger partial charge in [0.1, 0.15) is 13.2 Å². The fourth-order valence-electron chi connectivity index (χ4n) is 4.04. The van der Waals surface area contributed by atoms with Crippen LogP contribution in [0.15, 0.2) is 42.6 Å². The predicted octanol–water partition coefficient (Wildman–Crippen LogP) is 3.68. The summed E-state index contributed by atoms with van der Waals surface area (Å²) in [6.45, 7) is 3.99. The lowest BCUT2D eigenvalue weighted by Gasteiger charge is -2.36. The quantitative estimate of drug-likeness (QED) is 0.640. The van der Waals surface area contributed by atoms with Crippen molar-refractivity contribution in [2.75, 3.05) is 39.9 Å². The largest absolute Gasteiger partial charge is 0.486 e. The van der Waals surface area contributed by atoms with Gasteiger partial charge in [-0.15, -0.1) is 0 Å². The molecule has 2 aromatic rings. The van der Waals surface area contributed by atoms with Crippen LogP contribution < -0.4 is 9.47 Å². The minimum absolute atomic E-state index is 0.00190. The van der Waals surface area contributed by atoms with Crippen LogP contribution in [0.2, 0.25) is 5.02 Å². The van der Waals surface area contributed by atoms with Gasteiger partial charge in [-0.05, 0) is 48.7 Å². The molecule has 1 fully saturated rings. The highest BCUT2D eigenvalue weighted by Crippen LogP contribution is 2.38. The van der Waals surface area contributed by atoms with Crippen molar-refractivity contribution >= 4 is 23.6 Å². The minimum Gasteiger partial charge on any atom is -0.486 e. The minimum atomic E-state index is -0.00190. The smallest absolute Gasteiger partial charge is 0.246 e. The summed E-state index contributed by atoms with van der Waals surface area (Å²) in [6, 6.07) is 9.94. The number of amides is 1. The van der Waals surface area contributed by atoms with Gasteiger partial charge in [-0.1, -0.05) is 17.7 Å². The van der Waals surface area contributed by atoms with Crippen LogP contribution >= 0.6 is 11.6 Å². The van der Waals surface area contributed by atoms with E-state index < -0.39 is 0 Å². The Morgan fingerprint density at radius 1 is 1.26 bits per heavy atom. The molecular formula is C24H28ClN3O3. The number of aromatic nitrogens is 1. The first-order chi connectivity index (χ1) is 15.1. The van der Waals surface area contributed by atoms with Crippen molar-refractivity contribution < 1.29 is 14.3 Å². The van der Waals surface area contributed by atoms with Crippen LogP contribution in [-0.2, 0) is 11.2 Å². The maximum Gasteiger partial charge on any atom is 0.246 e. The van der Waals surface area contributed by atoms with Gasteiger partial charge >= 0.3 is 0 Å². The van der Waals surface area contributed by atoms with E-state index in [1.807, 2.05) is 36.3 Å². The number of likely N-dealkylation sites (tertiary alicyclic amines) is 1. The third kappa shape index (κ3) is 5.57. The van der Waals surface area contributed by atoms with Crippen LogP contribution in [0, 0.1) is 0 Å². The van der Waals surface area contributed by atoms with Crippen molar-refractivity contribution in [3.05, 3.63) is 58.9 Å². The molecule has 0 N–H and O–H groups in total. The molecule has 0 bridgehead atoms. The van der Waals surface area contributed by atoms with Gasteiger partial charge in [0.2, 0.25) is 5.91 Å². The molecule has 31 heavy (non-hydrogen) atoms. The Balaban J connectivity index is 1.27. The van der Waals surface area contributed by atoms with Gasteiger partial charge in [-0.25, -0.2) is 0 Å². The van der Waals surface area contributed by atoms with Gasteiger partial charge in [-0.3, -0.25) is 9.78 Å². The zero-order chi connectivity index (χ0) is 21.6. The Morgan fingerprint density at radius 3 is 2.84 bits per heavy atom. The molecule has 4 rings (SSSR count). The van der Waals surface area contributed by atoms with Crippen molar-refractivity contribution in [2.45, 2.75) is 25.3 Å². The van der Waals surface area contributed by atoms with Gasteiger partial charge in [0.05, 0.1) is 5.02 Å². The van der Waals surface area contributed by atoms with Crippen LogP contribution in [0.4, 0.5) is 0 Å². The Bertz CT molecular complexity index is 927. The number of carbonyl (C=O) groups is 1. The van der Waals surface area contributed by atoms with Crippen LogP contribution in [0.25, 0.3) is 6.08 Å². The Morgan fingerprint density at radius 2 is 2.06 bits per heavy atom. The number of likely N-dealkylation sites (N-methyl/N-ethyl adjacent to an activating group) is 1. The fourth-order valence-corrected chi connectivity index (χ4v) is 4.31. The van der Waals surface area contributed by atoms with Crippen LogP contribution in [0.1, 0.15) is 24.1 Å². The number of fused-ring (bicyclic) bond motifs is 1. The van der Waals surface area contributed by atoms with Gasteiger partial charge in [0.25, 0.3) is 0 Å².